The van der Waals surface area contributed by atoms with Crippen LogP contribution in [-0.2, 0) is 5.54 Å². The summed E-state index contributed by atoms with van der Waals surface area (Å²) in [6.45, 7) is 9.03. The van der Waals surface area contributed by atoms with Crippen LogP contribution in [0.1, 0.15) is 61.4 Å². The lowest BCUT2D eigenvalue weighted by Crippen LogP contribution is -2.32. The third kappa shape index (κ3) is 3.28. The summed E-state index contributed by atoms with van der Waals surface area (Å²) in [5.41, 5.74) is 2.45. The normalized spacial score (nSPS) is 17.8. The molecule has 0 N–H and O–H groups in total. The molecule has 1 aliphatic heterocycles. The fourth-order valence-corrected chi connectivity index (χ4v) is 3.68. The first kappa shape index (κ1) is 17.5. The third-order valence-corrected chi connectivity index (χ3v) is 4.75. The Balaban J connectivity index is 1.92. The zero-order valence-corrected chi connectivity index (χ0v) is 15.7. The van der Waals surface area contributed by atoms with Gasteiger partial charge in [0.1, 0.15) is 5.75 Å². The highest BCUT2D eigenvalue weighted by molar-refractivity contribution is 5.93. The van der Waals surface area contributed by atoms with Gasteiger partial charge < -0.3 is 9.64 Å². The molecule has 3 rings (SSSR count). The molecule has 0 unspecified atom stereocenters. The van der Waals surface area contributed by atoms with E-state index >= 15 is 0 Å². The van der Waals surface area contributed by atoms with Gasteiger partial charge in [0.05, 0.1) is 18.7 Å². The van der Waals surface area contributed by atoms with Crippen molar-refractivity contribution in [3.63, 3.8) is 0 Å². The molecule has 0 radical (unpaired) electrons. The van der Waals surface area contributed by atoms with Crippen LogP contribution in [0.5, 0.6) is 5.75 Å². The monoisotopic (exact) mass is 341 g/mol. The van der Waals surface area contributed by atoms with Gasteiger partial charge >= 0.3 is 0 Å². The number of carbonyl (C=O) groups is 1. The molecule has 0 aliphatic carbocycles. The maximum atomic E-state index is 13.1. The van der Waals surface area contributed by atoms with E-state index in [1.807, 2.05) is 46.8 Å². The number of nitrogens with zero attached hydrogens (tertiary/aromatic N) is 3. The summed E-state index contributed by atoms with van der Waals surface area (Å²) in [5.74, 6) is 0.836. The summed E-state index contributed by atoms with van der Waals surface area (Å²) in [4.78, 5) is 15.1. The lowest BCUT2D eigenvalue weighted by molar-refractivity contribution is 0.0726. The molecule has 0 saturated carbocycles. The first-order chi connectivity index (χ1) is 11.8. The molecule has 1 aromatic carbocycles. The Labute approximate surface area is 149 Å². The van der Waals surface area contributed by atoms with Crippen LogP contribution in [0.2, 0.25) is 0 Å². The summed E-state index contributed by atoms with van der Waals surface area (Å²) < 4.78 is 7.43. The van der Waals surface area contributed by atoms with Crippen LogP contribution >= 0.6 is 0 Å². The van der Waals surface area contributed by atoms with Gasteiger partial charge in [-0.15, -0.1) is 0 Å². The number of hydrogen-bond acceptors (Lipinski definition) is 3. The number of likely N-dealkylation sites (tertiary alicyclic amines) is 1. The zero-order chi connectivity index (χ0) is 18.2. The van der Waals surface area contributed by atoms with Crippen LogP contribution in [0, 0.1) is 6.92 Å². The van der Waals surface area contributed by atoms with Gasteiger partial charge in [0.2, 0.25) is 0 Å². The van der Waals surface area contributed by atoms with Crippen LogP contribution in [0.3, 0.4) is 0 Å². The summed E-state index contributed by atoms with van der Waals surface area (Å²) in [6.07, 6.45) is 1.94. The molecule has 1 saturated heterocycles. The molecule has 1 fully saturated rings. The molecular formula is C20H27N3O2. The van der Waals surface area contributed by atoms with E-state index in [-0.39, 0.29) is 17.5 Å². The summed E-state index contributed by atoms with van der Waals surface area (Å²) >= 11 is 0. The Morgan fingerprint density at radius 3 is 2.64 bits per heavy atom. The van der Waals surface area contributed by atoms with Crippen molar-refractivity contribution in [3.8, 4) is 5.75 Å². The zero-order valence-electron chi connectivity index (χ0n) is 15.7. The van der Waals surface area contributed by atoms with E-state index in [0.717, 1.165) is 36.4 Å². The molecular weight excluding hydrogens is 314 g/mol. The number of para-hydroxylation sites is 1. The molecule has 5 heteroatoms. The lowest BCUT2D eigenvalue weighted by Gasteiger charge is -2.26. The van der Waals surface area contributed by atoms with E-state index < -0.39 is 0 Å². The van der Waals surface area contributed by atoms with Gasteiger partial charge in [-0.05, 0) is 52.7 Å². The number of ether oxygens (including phenoxy) is 1. The number of rotatable bonds is 3. The summed E-state index contributed by atoms with van der Waals surface area (Å²) in [6, 6.07) is 9.90. The highest BCUT2D eigenvalue weighted by Crippen LogP contribution is 2.37. The first-order valence-corrected chi connectivity index (χ1v) is 8.84. The van der Waals surface area contributed by atoms with Crippen molar-refractivity contribution in [2.75, 3.05) is 13.7 Å². The van der Waals surface area contributed by atoms with Crippen LogP contribution in [0.15, 0.2) is 30.3 Å². The van der Waals surface area contributed by atoms with E-state index in [0.29, 0.717) is 5.69 Å². The Hall–Kier alpha value is -2.30. The number of amides is 1. The Kier molecular flexibility index (Phi) is 4.58. The lowest BCUT2D eigenvalue weighted by atomic mass is 10.0. The Morgan fingerprint density at radius 1 is 1.28 bits per heavy atom. The number of aryl methyl sites for hydroxylation is 1. The van der Waals surface area contributed by atoms with Crippen LogP contribution < -0.4 is 4.74 Å². The maximum Gasteiger partial charge on any atom is 0.274 e. The third-order valence-electron chi connectivity index (χ3n) is 4.75. The van der Waals surface area contributed by atoms with Crippen LogP contribution in [0.4, 0.5) is 0 Å². The maximum absolute atomic E-state index is 13.1. The molecule has 0 spiro atoms. The van der Waals surface area contributed by atoms with Gasteiger partial charge in [-0.1, -0.05) is 18.2 Å². The molecule has 2 heterocycles. The summed E-state index contributed by atoms with van der Waals surface area (Å²) in [7, 11) is 1.67. The van der Waals surface area contributed by atoms with Crippen molar-refractivity contribution in [3.05, 3.63) is 47.3 Å². The van der Waals surface area contributed by atoms with E-state index in [9.17, 15) is 4.79 Å². The van der Waals surface area contributed by atoms with Gasteiger partial charge in [-0.2, -0.15) is 5.10 Å². The highest BCUT2D eigenvalue weighted by atomic mass is 16.5. The van der Waals surface area contributed by atoms with Gasteiger partial charge in [0.15, 0.2) is 5.69 Å². The average Bonchev–Trinajstić information content (AvgIpc) is 3.20. The van der Waals surface area contributed by atoms with Crippen molar-refractivity contribution in [1.29, 1.82) is 0 Å². The standard InChI is InChI=1S/C20H27N3O2/c1-14-13-16(21-23(14)20(2,3)4)19(24)22-12-8-10-17(22)15-9-6-7-11-18(15)25-5/h6-7,9,11,13,17H,8,10,12H2,1-5H3/t17-/m0/s1. The fraction of sp³-hybridized carbons (Fsp3) is 0.500. The van der Waals surface area contributed by atoms with Crippen molar-refractivity contribution in [2.45, 2.75) is 52.1 Å². The van der Waals surface area contributed by atoms with Gasteiger partial charge in [-0.3, -0.25) is 9.48 Å². The largest absolute Gasteiger partial charge is 0.496 e. The molecule has 1 aromatic heterocycles. The quantitative estimate of drug-likeness (QED) is 0.850. The average molecular weight is 341 g/mol. The predicted molar refractivity (Wildman–Crippen MR) is 98.0 cm³/mol. The molecule has 0 bridgehead atoms. The van der Waals surface area contributed by atoms with Gasteiger partial charge in [-0.25, -0.2) is 0 Å². The van der Waals surface area contributed by atoms with Crippen molar-refractivity contribution < 1.29 is 9.53 Å². The second-order valence-electron chi connectivity index (χ2n) is 7.65. The van der Waals surface area contributed by atoms with Crippen molar-refractivity contribution in [2.24, 2.45) is 0 Å². The molecule has 1 aliphatic rings. The second kappa shape index (κ2) is 6.54. The smallest absolute Gasteiger partial charge is 0.274 e. The SMILES string of the molecule is COc1ccccc1[C@@H]1CCCN1C(=O)c1cc(C)n(C(C)(C)C)n1. The highest BCUT2D eigenvalue weighted by Gasteiger charge is 2.34. The van der Waals surface area contributed by atoms with Gasteiger partial charge in [0.25, 0.3) is 5.91 Å². The minimum Gasteiger partial charge on any atom is -0.496 e. The molecule has 1 amide bonds. The molecule has 2 aromatic rings. The van der Waals surface area contributed by atoms with Crippen molar-refractivity contribution >= 4 is 5.91 Å². The van der Waals surface area contributed by atoms with Crippen LogP contribution in [0.25, 0.3) is 0 Å². The number of aromatic nitrogens is 2. The minimum atomic E-state index is -0.143. The predicted octanol–water partition coefficient (Wildman–Crippen LogP) is 3.93. The Bertz CT molecular complexity index is 773. The Morgan fingerprint density at radius 2 is 2.00 bits per heavy atom. The fourth-order valence-electron chi connectivity index (χ4n) is 3.68. The van der Waals surface area contributed by atoms with E-state index in [2.05, 4.69) is 25.9 Å². The molecule has 1 atom stereocenters. The summed E-state index contributed by atoms with van der Waals surface area (Å²) in [5, 5.41) is 4.59. The van der Waals surface area contributed by atoms with E-state index in [1.54, 1.807) is 7.11 Å². The first-order valence-electron chi connectivity index (χ1n) is 8.84. The number of hydrogen-bond donors (Lipinski definition) is 0. The molecule has 5 nitrogen and oxygen atoms in total. The number of benzene rings is 1. The minimum absolute atomic E-state index is 0.000457. The topological polar surface area (TPSA) is 47.4 Å². The van der Waals surface area contributed by atoms with Crippen molar-refractivity contribution in [1.82, 2.24) is 14.7 Å². The van der Waals surface area contributed by atoms with E-state index in [4.69, 9.17) is 4.74 Å². The molecule has 134 valence electrons. The number of carbonyl (C=O) groups excluding carboxylic acids is 1. The van der Waals surface area contributed by atoms with Gasteiger partial charge in [0, 0.05) is 17.8 Å². The van der Waals surface area contributed by atoms with E-state index in [1.165, 1.54) is 0 Å². The molecule has 25 heavy (non-hydrogen) atoms. The number of methoxy groups -OCH3 is 1. The van der Waals surface area contributed by atoms with Crippen LogP contribution in [-0.4, -0.2) is 34.2 Å². The second-order valence-corrected chi connectivity index (χ2v) is 7.65.